The fraction of sp³-hybridized carbons (Fsp3) is 0.500. The summed E-state index contributed by atoms with van der Waals surface area (Å²) >= 11 is 5.74. The molecule has 0 aliphatic heterocycles. The molecular weight excluding hydrogens is 190 g/mol. The number of hydrogen-bond donors (Lipinski definition) is 1. The van der Waals surface area contributed by atoms with E-state index in [1.54, 1.807) is 6.07 Å². The zero-order valence-corrected chi connectivity index (χ0v) is 8.59. The minimum absolute atomic E-state index is 0.267. The first kappa shape index (κ1) is 10.1. The van der Waals surface area contributed by atoms with Crippen LogP contribution in [0, 0.1) is 0 Å². The summed E-state index contributed by atoms with van der Waals surface area (Å²) in [6.07, 6.45) is 0. The van der Waals surface area contributed by atoms with Gasteiger partial charge >= 0.3 is 0 Å². The smallest absolute Gasteiger partial charge is 0.227 e. The zero-order valence-electron chi connectivity index (χ0n) is 7.84. The van der Waals surface area contributed by atoms with E-state index in [0.717, 1.165) is 0 Å². The van der Waals surface area contributed by atoms with Crippen LogP contribution >= 0.6 is 11.6 Å². The molecule has 0 radical (unpaired) electrons. The molecule has 0 saturated heterocycles. The summed E-state index contributed by atoms with van der Waals surface area (Å²) < 4.78 is 4.94. The van der Waals surface area contributed by atoms with Crippen LogP contribution < -0.4 is 10.1 Å². The standard InChI is InChI=1S/C8H12ClN3O/c1-5(2)10-8-11-6(9)4-7(12-8)13-3/h4-5H,1-3H3,(H,10,11,12). The third-order valence-corrected chi connectivity index (χ3v) is 1.49. The second-order valence-corrected chi connectivity index (χ2v) is 3.24. The summed E-state index contributed by atoms with van der Waals surface area (Å²) in [6, 6.07) is 1.83. The Kier molecular flexibility index (Phi) is 3.31. The molecule has 1 heterocycles. The molecule has 0 bridgehead atoms. The van der Waals surface area contributed by atoms with Gasteiger partial charge in [0.2, 0.25) is 11.8 Å². The van der Waals surface area contributed by atoms with Gasteiger partial charge in [-0.15, -0.1) is 0 Å². The van der Waals surface area contributed by atoms with Gasteiger partial charge in [-0.25, -0.2) is 4.98 Å². The summed E-state index contributed by atoms with van der Waals surface area (Å²) in [5.41, 5.74) is 0. The minimum atomic E-state index is 0.267. The molecule has 1 aromatic heterocycles. The largest absolute Gasteiger partial charge is 0.481 e. The molecule has 0 fully saturated rings. The molecule has 0 amide bonds. The quantitative estimate of drug-likeness (QED) is 0.760. The minimum Gasteiger partial charge on any atom is -0.481 e. The van der Waals surface area contributed by atoms with E-state index in [4.69, 9.17) is 16.3 Å². The Morgan fingerprint density at radius 2 is 2.15 bits per heavy atom. The molecule has 4 nitrogen and oxygen atoms in total. The normalized spacial score (nSPS) is 10.2. The van der Waals surface area contributed by atoms with Crippen molar-refractivity contribution in [1.82, 2.24) is 9.97 Å². The molecular formula is C8H12ClN3O. The highest BCUT2D eigenvalue weighted by atomic mass is 35.5. The SMILES string of the molecule is COc1cc(Cl)nc(NC(C)C)n1. The third-order valence-electron chi connectivity index (χ3n) is 1.30. The lowest BCUT2D eigenvalue weighted by atomic mass is 10.4. The summed E-state index contributed by atoms with van der Waals surface area (Å²) in [7, 11) is 1.54. The zero-order chi connectivity index (χ0) is 9.84. The molecule has 13 heavy (non-hydrogen) atoms. The van der Waals surface area contributed by atoms with Crippen LogP contribution in [0.5, 0.6) is 5.88 Å². The van der Waals surface area contributed by atoms with Gasteiger partial charge in [-0.3, -0.25) is 0 Å². The Morgan fingerprint density at radius 3 is 2.69 bits per heavy atom. The highest BCUT2D eigenvalue weighted by Gasteiger charge is 2.03. The first-order chi connectivity index (χ1) is 6.11. The third kappa shape index (κ3) is 3.06. The highest BCUT2D eigenvalue weighted by molar-refractivity contribution is 6.29. The summed E-state index contributed by atoms with van der Waals surface area (Å²) in [5.74, 6) is 0.947. The fourth-order valence-corrected chi connectivity index (χ4v) is 0.998. The van der Waals surface area contributed by atoms with Gasteiger partial charge in [-0.1, -0.05) is 11.6 Å². The molecule has 0 aliphatic carbocycles. The maximum atomic E-state index is 5.74. The molecule has 1 rings (SSSR count). The van der Waals surface area contributed by atoms with Gasteiger partial charge in [0, 0.05) is 12.1 Å². The number of halogens is 1. The number of aromatic nitrogens is 2. The number of anilines is 1. The van der Waals surface area contributed by atoms with E-state index >= 15 is 0 Å². The lowest BCUT2D eigenvalue weighted by Crippen LogP contribution is -2.12. The van der Waals surface area contributed by atoms with E-state index in [1.165, 1.54) is 7.11 Å². The van der Waals surface area contributed by atoms with Crippen molar-refractivity contribution in [1.29, 1.82) is 0 Å². The van der Waals surface area contributed by atoms with Gasteiger partial charge in [-0.05, 0) is 13.8 Å². The average Bonchev–Trinajstić information content (AvgIpc) is 2.01. The van der Waals surface area contributed by atoms with Crippen molar-refractivity contribution < 1.29 is 4.74 Å². The van der Waals surface area contributed by atoms with E-state index in [9.17, 15) is 0 Å². The van der Waals surface area contributed by atoms with E-state index in [2.05, 4.69) is 15.3 Å². The van der Waals surface area contributed by atoms with Crippen LogP contribution in [0.3, 0.4) is 0 Å². The number of ether oxygens (including phenoxy) is 1. The molecule has 0 aliphatic rings. The Labute approximate surface area is 82.3 Å². The van der Waals surface area contributed by atoms with Crippen molar-refractivity contribution in [2.75, 3.05) is 12.4 Å². The van der Waals surface area contributed by atoms with Crippen LogP contribution in [-0.2, 0) is 0 Å². The van der Waals surface area contributed by atoms with Gasteiger partial charge in [0.05, 0.1) is 7.11 Å². The molecule has 72 valence electrons. The maximum Gasteiger partial charge on any atom is 0.227 e. The molecule has 0 saturated carbocycles. The van der Waals surface area contributed by atoms with Crippen LogP contribution in [0.15, 0.2) is 6.07 Å². The Balaban J connectivity index is 2.88. The first-order valence-corrected chi connectivity index (χ1v) is 4.34. The van der Waals surface area contributed by atoms with Gasteiger partial charge in [0.1, 0.15) is 5.15 Å². The van der Waals surface area contributed by atoms with Crippen molar-refractivity contribution in [3.05, 3.63) is 11.2 Å². The molecule has 0 unspecified atom stereocenters. The number of nitrogens with zero attached hydrogens (tertiary/aromatic N) is 2. The molecule has 0 atom stereocenters. The fourth-order valence-electron chi connectivity index (χ4n) is 0.824. The highest BCUT2D eigenvalue weighted by Crippen LogP contribution is 2.15. The molecule has 0 aromatic carbocycles. The van der Waals surface area contributed by atoms with E-state index in [-0.39, 0.29) is 6.04 Å². The predicted octanol–water partition coefficient (Wildman–Crippen LogP) is 1.96. The number of nitrogens with one attached hydrogen (secondary N) is 1. The number of hydrogen-bond acceptors (Lipinski definition) is 4. The molecule has 0 spiro atoms. The van der Waals surface area contributed by atoms with Crippen molar-refractivity contribution in [3.63, 3.8) is 0 Å². The number of rotatable bonds is 3. The average molecular weight is 202 g/mol. The Bertz CT molecular complexity index is 291. The predicted molar refractivity (Wildman–Crippen MR) is 52.4 cm³/mol. The summed E-state index contributed by atoms with van der Waals surface area (Å²) in [4.78, 5) is 8.05. The second-order valence-electron chi connectivity index (χ2n) is 2.86. The van der Waals surface area contributed by atoms with Crippen molar-refractivity contribution in [2.24, 2.45) is 0 Å². The van der Waals surface area contributed by atoms with Gasteiger partial charge in [-0.2, -0.15) is 4.98 Å². The van der Waals surface area contributed by atoms with E-state index in [1.807, 2.05) is 13.8 Å². The Morgan fingerprint density at radius 1 is 1.46 bits per heavy atom. The van der Waals surface area contributed by atoms with Gasteiger partial charge in [0.15, 0.2) is 0 Å². The Hall–Kier alpha value is -1.03. The van der Waals surface area contributed by atoms with Crippen molar-refractivity contribution in [3.8, 4) is 5.88 Å². The van der Waals surface area contributed by atoms with Crippen LogP contribution in [0.25, 0.3) is 0 Å². The van der Waals surface area contributed by atoms with Crippen LogP contribution in [0.4, 0.5) is 5.95 Å². The lowest BCUT2D eigenvalue weighted by Gasteiger charge is -2.08. The second kappa shape index (κ2) is 4.28. The van der Waals surface area contributed by atoms with Crippen molar-refractivity contribution in [2.45, 2.75) is 19.9 Å². The summed E-state index contributed by atoms with van der Waals surface area (Å²) in [5, 5.41) is 3.40. The molecule has 1 N–H and O–H groups in total. The van der Waals surface area contributed by atoms with Crippen molar-refractivity contribution >= 4 is 17.5 Å². The van der Waals surface area contributed by atoms with E-state index in [0.29, 0.717) is 17.0 Å². The monoisotopic (exact) mass is 201 g/mol. The van der Waals surface area contributed by atoms with Gasteiger partial charge < -0.3 is 10.1 Å². The van der Waals surface area contributed by atoms with E-state index < -0.39 is 0 Å². The lowest BCUT2D eigenvalue weighted by molar-refractivity contribution is 0.397. The number of methoxy groups -OCH3 is 1. The maximum absolute atomic E-state index is 5.74. The van der Waals surface area contributed by atoms with Crippen LogP contribution in [0.1, 0.15) is 13.8 Å². The topological polar surface area (TPSA) is 47.0 Å². The molecule has 5 heteroatoms. The summed E-state index contributed by atoms with van der Waals surface area (Å²) in [6.45, 7) is 3.99. The van der Waals surface area contributed by atoms with Crippen LogP contribution in [0.2, 0.25) is 5.15 Å². The van der Waals surface area contributed by atoms with Crippen LogP contribution in [-0.4, -0.2) is 23.1 Å². The first-order valence-electron chi connectivity index (χ1n) is 3.97. The van der Waals surface area contributed by atoms with Gasteiger partial charge in [0.25, 0.3) is 0 Å². The molecule has 1 aromatic rings.